The van der Waals surface area contributed by atoms with Crippen LogP contribution in [0.15, 0.2) is 48.5 Å². The number of carbonyl (C=O) groups excluding carboxylic acids is 1. The van der Waals surface area contributed by atoms with E-state index in [2.05, 4.69) is 18.7 Å². The number of hydrogen-bond donors (Lipinski definition) is 0. The predicted octanol–water partition coefficient (Wildman–Crippen LogP) is 4.63. The van der Waals surface area contributed by atoms with Crippen molar-refractivity contribution < 1.29 is 13.6 Å². The van der Waals surface area contributed by atoms with Gasteiger partial charge < -0.3 is 9.80 Å². The third-order valence-electron chi connectivity index (χ3n) is 6.03. The molecule has 0 saturated carbocycles. The molecule has 2 aromatic carbocycles. The van der Waals surface area contributed by atoms with Gasteiger partial charge in [0.1, 0.15) is 11.6 Å². The van der Waals surface area contributed by atoms with Crippen LogP contribution in [0.25, 0.3) is 0 Å². The molecule has 1 amide bonds. The molecular formula is C22H24F2N2O. The van der Waals surface area contributed by atoms with E-state index in [1.54, 1.807) is 30.3 Å². The summed E-state index contributed by atoms with van der Waals surface area (Å²) in [7, 11) is 0. The first-order chi connectivity index (χ1) is 12.8. The first kappa shape index (κ1) is 18.0. The van der Waals surface area contributed by atoms with Gasteiger partial charge in [0.2, 0.25) is 0 Å². The Hall–Kier alpha value is -2.43. The van der Waals surface area contributed by atoms with Crippen LogP contribution in [0.3, 0.4) is 0 Å². The summed E-state index contributed by atoms with van der Waals surface area (Å²) in [6, 6.07) is 12.7. The summed E-state index contributed by atoms with van der Waals surface area (Å²) in [5, 5.41) is 0. The normalized spacial score (nSPS) is 24.0. The third-order valence-corrected chi connectivity index (χ3v) is 6.03. The number of hydrogen-bond acceptors (Lipinski definition) is 2. The van der Waals surface area contributed by atoms with Crippen molar-refractivity contribution in [1.29, 1.82) is 0 Å². The van der Waals surface area contributed by atoms with Gasteiger partial charge in [0.25, 0.3) is 5.91 Å². The lowest BCUT2D eigenvalue weighted by molar-refractivity contribution is 0.0612. The Morgan fingerprint density at radius 2 is 1.74 bits per heavy atom. The minimum absolute atomic E-state index is 0.136. The second-order valence-electron chi connectivity index (χ2n) is 8.32. The first-order valence-electron chi connectivity index (χ1n) is 9.42. The van der Waals surface area contributed by atoms with Crippen molar-refractivity contribution in [2.75, 3.05) is 18.0 Å². The number of likely N-dealkylation sites (tertiary alicyclic amines) is 1. The van der Waals surface area contributed by atoms with Gasteiger partial charge in [-0.05, 0) is 69.5 Å². The highest BCUT2D eigenvalue weighted by Crippen LogP contribution is 2.47. The fourth-order valence-electron chi connectivity index (χ4n) is 4.91. The Bertz CT molecular complexity index is 865. The van der Waals surface area contributed by atoms with Crippen LogP contribution in [-0.4, -0.2) is 35.0 Å². The maximum Gasteiger partial charge on any atom is 0.257 e. The smallest absolute Gasteiger partial charge is 0.257 e. The van der Waals surface area contributed by atoms with Crippen LogP contribution < -0.4 is 4.90 Å². The fourth-order valence-corrected chi connectivity index (χ4v) is 4.91. The molecule has 0 radical (unpaired) electrons. The van der Waals surface area contributed by atoms with Gasteiger partial charge in [-0.1, -0.05) is 12.1 Å². The van der Waals surface area contributed by atoms with Gasteiger partial charge >= 0.3 is 0 Å². The van der Waals surface area contributed by atoms with Crippen LogP contribution in [0.1, 0.15) is 43.5 Å². The molecule has 2 aromatic rings. The van der Waals surface area contributed by atoms with Crippen LogP contribution in [-0.2, 0) is 0 Å². The summed E-state index contributed by atoms with van der Waals surface area (Å²) in [5.41, 5.74) is 0.577. The zero-order chi connectivity index (χ0) is 19.2. The molecule has 2 aliphatic heterocycles. The predicted molar refractivity (Wildman–Crippen MR) is 102 cm³/mol. The van der Waals surface area contributed by atoms with Gasteiger partial charge in [-0.15, -0.1) is 0 Å². The number of carbonyl (C=O) groups is 1. The van der Waals surface area contributed by atoms with E-state index >= 15 is 0 Å². The summed E-state index contributed by atoms with van der Waals surface area (Å²) >= 11 is 0. The number of rotatable bonds is 2. The van der Waals surface area contributed by atoms with E-state index in [-0.39, 0.29) is 28.4 Å². The molecule has 27 heavy (non-hydrogen) atoms. The molecule has 2 aliphatic rings. The van der Waals surface area contributed by atoms with E-state index in [9.17, 15) is 13.6 Å². The average Bonchev–Trinajstić information content (AvgIpc) is 3.15. The average molecular weight is 370 g/mol. The molecule has 0 bridgehead atoms. The number of nitrogens with zero attached hydrogens (tertiary/aromatic N) is 2. The van der Waals surface area contributed by atoms with E-state index in [1.165, 1.54) is 18.2 Å². The maximum absolute atomic E-state index is 14.2. The Morgan fingerprint density at radius 3 is 2.44 bits per heavy atom. The summed E-state index contributed by atoms with van der Waals surface area (Å²) in [6.45, 7) is 5.61. The molecule has 0 N–H and O–H groups in total. The van der Waals surface area contributed by atoms with Crippen molar-refractivity contribution in [3.63, 3.8) is 0 Å². The lowest BCUT2D eigenvalue weighted by Crippen LogP contribution is -2.49. The van der Waals surface area contributed by atoms with Gasteiger partial charge in [0.05, 0.1) is 11.1 Å². The molecule has 1 spiro atoms. The molecule has 1 unspecified atom stereocenters. The molecule has 2 saturated heterocycles. The van der Waals surface area contributed by atoms with Crippen molar-refractivity contribution in [3.8, 4) is 0 Å². The Balaban J connectivity index is 1.67. The lowest BCUT2D eigenvalue weighted by Gasteiger charge is -2.35. The zero-order valence-corrected chi connectivity index (χ0v) is 15.7. The van der Waals surface area contributed by atoms with Crippen molar-refractivity contribution in [2.24, 2.45) is 0 Å². The Labute approximate surface area is 158 Å². The maximum atomic E-state index is 14.2. The quantitative estimate of drug-likeness (QED) is 0.770. The van der Waals surface area contributed by atoms with Gasteiger partial charge in [-0.2, -0.15) is 0 Å². The minimum Gasteiger partial charge on any atom is -0.364 e. The van der Waals surface area contributed by atoms with E-state index in [0.29, 0.717) is 13.1 Å². The molecule has 1 atom stereocenters. The van der Waals surface area contributed by atoms with Crippen molar-refractivity contribution in [2.45, 2.75) is 44.2 Å². The zero-order valence-electron chi connectivity index (χ0n) is 15.7. The summed E-state index contributed by atoms with van der Waals surface area (Å²) < 4.78 is 27.6. The number of amides is 1. The minimum atomic E-state index is -0.475. The van der Waals surface area contributed by atoms with Crippen molar-refractivity contribution in [3.05, 3.63) is 65.7 Å². The van der Waals surface area contributed by atoms with E-state index < -0.39 is 5.82 Å². The van der Waals surface area contributed by atoms with Gasteiger partial charge in [0, 0.05) is 24.3 Å². The van der Waals surface area contributed by atoms with Gasteiger partial charge in [-0.25, -0.2) is 8.78 Å². The topological polar surface area (TPSA) is 23.6 Å². The second-order valence-corrected chi connectivity index (χ2v) is 8.32. The molecule has 4 rings (SSSR count). The highest BCUT2D eigenvalue weighted by molar-refractivity contribution is 5.95. The van der Waals surface area contributed by atoms with Crippen LogP contribution in [0.5, 0.6) is 0 Å². The third kappa shape index (κ3) is 2.99. The molecule has 0 aromatic heterocycles. The molecule has 2 fully saturated rings. The first-order valence-corrected chi connectivity index (χ1v) is 9.42. The Kier molecular flexibility index (Phi) is 4.21. The Morgan fingerprint density at radius 1 is 1.04 bits per heavy atom. The summed E-state index contributed by atoms with van der Waals surface area (Å²) in [5.74, 6) is -0.970. The standard InChI is InChI=1S/C22H24F2N2O/c1-21(2)14-22(15-26(21)17-10-8-16(23)9-11-17)12-5-13-25(22)20(27)18-6-3-4-7-19(18)24/h3-4,6-11H,5,12-15H2,1-2H3. The molecule has 2 heterocycles. The number of halogens is 2. The highest BCUT2D eigenvalue weighted by Gasteiger charge is 2.55. The van der Waals surface area contributed by atoms with E-state index in [4.69, 9.17) is 0 Å². The molecule has 3 nitrogen and oxygen atoms in total. The van der Waals surface area contributed by atoms with Crippen LogP contribution in [0.2, 0.25) is 0 Å². The van der Waals surface area contributed by atoms with Crippen LogP contribution in [0, 0.1) is 11.6 Å². The SMILES string of the molecule is CC1(C)CC2(CCCN2C(=O)c2ccccc2F)CN1c1ccc(F)cc1. The van der Waals surface area contributed by atoms with Crippen LogP contribution in [0.4, 0.5) is 14.5 Å². The second kappa shape index (κ2) is 6.32. The highest BCUT2D eigenvalue weighted by atomic mass is 19.1. The molecule has 0 aliphatic carbocycles. The van der Waals surface area contributed by atoms with E-state index in [0.717, 1.165) is 24.9 Å². The van der Waals surface area contributed by atoms with E-state index in [1.807, 2.05) is 4.90 Å². The van der Waals surface area contributed by atoms with Crippen LogP contribution >= 0.6 is 0 Å². The summed E-state index contributed by atoms with van der Waals surface area (Å²) in [4.78, 5) is 17.3. The van der Waals surface area contributed by atoms with Crippen molar-refractivity contribution >= 4 is 11.6 Å². The number of anilines is 1. The molecule has 5 heteroatoms. The van der Waals surface area contributed by atoms with Crippen molar-refractivity contribution in [1.82, 2.24) is 4.90 Å². The fraction of sp³-hybridized carbons (Fsp3) is 0.409. The number of benzene rings is 2. The monoisotopic (exact) mass is 370 g/mol. The lowest BCUT2D eigenvalue weighted by atomic mass is 9.87. The van der Waals surface area contributed by atoms with Gasteiger partial charge in [0.15, 0.2) is 0 Å². The summed E-state index contributed by atoms with van der Waals surface area (Å²) in [6.07, 6.45) is 2.61. The molecular weight excluding hydrogens is 346 g/mol. The molecule has 142 valence electrons. The largest absolute Gasteiger partial charge is 0.364 e. The van der Waals surface area contributed by atoms with Gasteiger partial charge in [-0.3, -0.25) is 4.79 Å².